The molecule has 0 aliphatic rings. The van der Waals surface area contributed by atoms with Gasteiger partial charge in [0.2, 0.25) is 0 Å². The lowest BCUT2D eigenvalue weighted by atomic mass is 10.0. The normalized spacial score (nSPS) is 13.0. The molecule has 2 heteroatoms. The van der Waals surface area contributed by atoms with Gasteiger partial charge >= 0.3 is 0 Å². The first kappa shape index (κ1) is 14.6. The fourth-order valence-electron chi connectivity index (χ4n) is 2.86. The third-order valence-electron chi connectivity index (χ3n) is 4.07. The molecule has 2 aromatic carbocycles. The Morgan fingerprint density at radius 2 is 1.76 bits per heavy atom. The highest BCUT2D eigenvalue weighted by atomic mass is 79.9. The number of furan rings is 1. The Kier molecular flexibility index (Phi) is 4.64. The zero-order chi connectivity index (χ0) is 14.7. The first-order valence-electron chi connectivity index (χ1n) is 7.85. The summed E-state index contributed by atoms with van der Waals surface area (Å²) in [4.78, 5) is 0.437. The summed E-state index contributed by atoms with van der Waals surface area (Å²) in [7, 11) is 0. The first-order chi connectivity index (χ1) is 10.3. The standard InChI is InChI=1S/C19H21BrO/c1-2-3-4-5-9-17(20)14-11-12-19-16(13-14)15-8-6-7-10-18(15)21-19/h6-8,10-13,17H,2-5,9H2,1H3. The molecule has 0 radical (unpaired) electrons. The molecular formula is C19H21BrO. The molecule has 0 N–H and O–H groups in total. The van der Waals surface area contributed by atoms with Gasteiger partial charge in [0.1, 0.15) is 11.2 Å². The highest BCUT2D eigenvalue weighted by Gasteiger charge is 2.11. The lowest BCUT2D eigenvalue weighted by Crippen LogP contribution is -1.90. The van der Waals surface area contributed by atoms with Gasteiger partial charge < -0.3 is 4.42 Å². The van der Waals surface area contributed by atoms with E-state index in [0.29, 0.717) is 4.83 Å². The van der Waals surface area contributed by atoms with Crippen molar-refractivity contribution in [2.24, 2.45) is 0 Å². The van der Waals surface area contributed by atoms with Gasteiger partial charge in [-0.1, -0.05) is 72.8 Å². The van der Waals surface area contributed by atoms with E-state index in [1.807, 2.05) is 12.1 Å². The molecule has 0 aliphatic heterocycles. The second-order valence-electron chi connectivity index (χ2n) is 5.67. The lowest BCUT2D eigenvalue weighted by molar-refractivity contribution is 0.630. The summed E-state index contributed by atoms with van der Waals surface area (Å²) in [6.07, 6.45) is 6.44. The van der Waals surface area contributed by atoms with Gasteiger partial charge in [-0.2, -0.15) is 0 Å². The quantitative estimate of drug-likeness (QED) is 0.346. The first-order valence-corrected chi connectivity index (χ1v) is 8.76. The molecule has 0 amide bonds. The molecule has 1 unspecified atom stereocenters. The molecular weight excluding hydrogens is 324 g/mol. The van der Waals surface area contributed by atoms with Crippen molar-refractivity contribution in [3.05, 3.63) is 48.0 Å². The van der Waals surface area contributed by atoms with Crippen molar-refractivity contribution in [3.63, 3.8) is 0 Å². The van der Waals surface area contributed by atoms with E-state index in [-0.39, 0.29) is 0 Å². The van der Waals surface area contributed by atoms with Crippen LogP contribution in [0, 0.1) is 0 Å². The summed E-state index contributed by atoms with van der Waals surface area (Å²) < 4.78 is 5.88. The molecule has 21 heavy (non-hydrogen) atoms. The number of hydrogen-bond donors (Lipinski definition) is 0. The third-order valence-corrected chi connectivity index (χ3v) is 5.06. The Bertz CT molecular complexity index is 729. The van der Waals surface area contributed by atoms with Crippen molar-refractivity contribution in [2.75, 3.05) is 0 Å². The topological polar surface area (TPSA) is 13.1 Å². The molecule has 110 valence electrons. The number of benzene rings is 2. The minimum absolute atomic E-state index is 0.437. The van der Waals surface area contributed by atoms with E-state index in [2.05, 4.69) is 53.2 Å². The average Bonchev–Trinajstić information content (AvgIpc) is 2.89. The molecule has 1 heterocycles. The molecule has 1 atom stereocenters. The van der Waals surface area contributed by atoms with Gasteiger partial charge in [0, 0.05) is 15.6 Å². The molecule has 0 aliphatic carbocycles. The van der Waals surface area contributed by atoms with Gasteiger partial charge in [0.15, 0.2) is 0 Å². The Balaban J connectivity index is 1.84. The number of alkyl halides is 1. The molecule has 1 aromatic heterocycles. The van der Waals surface area contributed by atoms with Crippen LogP contribution in [0.25, 0.3) is 21.9 Å². The van der Waals surface area contributed by atoms with Crippen LogP contribution in [-0.4, -0.2) is 0 Å². The molecule has 0 spiro atoms. The molecule has 3 aromatic rings. The van der Waals surface area contributed by atoms with Crippen LogP contribution in [-0.2, 0) is 0 Å². The summed E-state index contributed by atoms with van der Waals surface area (Å²) in [6.45, 7) is 2.25. The van der Waals surface area contributed by atoms with Crippen LogP contribution in [0.4, 0.5) is 0 Å². The highest BCUT2D eigenvalue weighted by Crippen LogP contribution is 2.34. The lowest BCUT2D eigenvalue weighted by Gasteiger charge is -2.10. The zero-order valence-corrected chi connectivity index (χ0v) is 14.0. The Labute approximate surface area is 134 Å². The van der Waals surface area contributed by atoms with Crippen LogP contribution in [0.3, 0.4) is 0 Å². The van der Waals surface area contributed by atoms with Crippen LogP contribution in [0.2, 0.25) is 0 Å². The second kappa shape index (κ2) is 6.65. The van der Waals surface area contributed by atoms with Gasteiger partial charge in [-0.15, -0.1) is 0 Å². The van der Waals surface area contributed by atoms with Crippen molar-refractivity contribution in [1.29, 1.82) is 0 Å². The summed E-state index contributed by atoms with van der Waals surface area (Å²) in [5, 5.41) is 2.43. The fraction of sp³-hybridized carbons (Fsp3) is 0.368. The van der Waals surface area contributed by atoms with Gasteiger partial charge in [0.05, 0.1) is 0 Å². The number of unbranched alkanes of at least 4 members (excludes halogenated alkanes) is 3. The monoisotopic (exact) mass is 344 g/mol. The highest BCUT2D eigenvalue weighted by molar-refractivity contribution is 9.09. The van der Waals surface area contributed by atoms with E-state index in [4.69, 9.17) is 4.42 Å². The van der Waals surface area contributed by atoms with Crippen molar-refractivity contribution < 1.29 is 4.42 Å². The van der Waals surface area contributed by atoms with E-state index in [0.717, 1.165) is 11.2 Å². The third kappa shape index (κ3) is 3.16. The summed E-state index contributed by atoms with van der Waals surface area (Å²) >= 11 is 3.85. The van der Waals surface area contributed by atoms with Crippen molar-refractivity contribution in [2.45, 2.75) is 43.9 Å². The molecule has 0 saturated heterocycles. The van der Waals surface area contributed by atoms with Crippen molar-refractivity contribution >= 4 is 37.9 Å². The number of hydrogen-bond acceptors (Lipinski definition) is 1. The van der Waals surface area contributed by atoms with E-state index in [1.54, 1.807) is 0 Å². The zero-order valence-electron chi connectivity index (χ0n) is 12.4. The maximum atomic E-state index is 5.88. The van der Waals surface area contributed by atoms with Gasteiger partial charge in [0.25, 0.3) is 0 Å². The second-order valence-corrected chi connectivity index (χ2v) is 6.78. The number of rotatable bonds is 6. The smallest absolute Gasteiger partial charge is 0.135 e. The summed E-state index contributed by atoms with van der Waals surface area (Å²) in [6, 6.07) is 14.8. The Hall–Kier alpha value is -1.28. The van der Waals surface area contributed by atoms with Crippen molar-refractivity contribution in [1.82, 2.24) is 0 Å². The number of para-hydroxylation sites is 1. The largest absolute Gasteiger partial charge is 0.456 e. The molecule has 0 bridgehead atoms. The minimum Gasteiger partial charge on any atom is -0.456 e. The van der Waals surface area contributed by atoms with Gasteiger partial charge in [-0.05, 0) is 30.2 Å². The van der Waals surface area contributed by atoms with Gasteiger partial charge in [-0.25, -0.2) is 0 Å². The molecule has 3 rings (SSSR count). The van der Waals surface area contributed by atoms with Crippen molar-refractivity contribution in [3.8, 4) is 0 Å². The van der Waals surface area contributed by atoms with Crippen LogP contribution in [0.5, 0.6) is 0 Å². The van der Waals surface area contributed by atoms with Crippen LogP contribution in [0.1, 0.15) is 49.4 Å². The number of fused-ring (bicyclic) bond motifs is 3. The SMILES string of the molecule is CCCCCCC(Br)c1ccc2oc3ccccc3c2c1. The molecule has 1 nitrogen and oxygen atoms in total. The Morgan fingerprint density at radius 1 is 0.952 bits per heavy atom. The Morgan fingerprint density at radius 3 is 2.62 bits per heavy atom. The molecule has 0 fully saturated rings. The van der Waals surface area contributed by atoms with Crippen LogP contribution in [0.15, 0.2) is 46.9 Å². The van der Waals surface area contributed by atoms with E-state index in [9.17, 15) is 0 Å². The average molecular weight is 345 g/mol. The predicted molar refractivity (Wildman–Crippen MR) is 94.1 cm³/mol. The van der Waals surface area contributed by atoms with Crippen LogP contribution < -0.4 is 0 Å². The van der Waals surface area contributed by atoms with Gasteiger partial charge in [-0.3, -0.25) is 0 Å². The van der Waals surface area contributed by atoms with Crippen LogP contribution >= 0.6 is 15.9 Å². The fourth-order valence-corrected chi connectivity index (χ4v) is 3.46. The maximum absolute atomic E-state index is 5.88. The van der Waals surface area contributed by atoms with E-state index >= 15 is 0 Å². The van der Waals surface area contributed by atoms with E-state index < -0.39 is 0 Å². The predicted octanol–water partition coefficient (Wildman–Crippen LogP) is 6.99. The minimum atomic E-state index is 0.437. The summed E-state index contributed by atoms with van der Waals surface area (Å²) in [5.41, 5.74) is 3.30. The molecule has 0 saturated carbocycles. The summed E-state index contributed by atoms with van der Waals surface area (Å²) in [5.74, 6) is 0. The number of halogens is 1. The maximum Gasteiger partial charge on any atom is 0.135 e. The van der Waals surface area contributed by atoms with E-state index in [1.165, 1.54) is 48.4 Å².